The van der Waals surface area contributed by atoms with E-state index in [1.807, 2.05) is 12.1 Å². The van der Waals surface area contributed by atoms with Crippen LogP contribution in [0.4, 0.5) is 5.69 Å². The molecule has 0 aromatic heterocycles. The second-order valence-electron chi connectivity index (χ2n) is 4.86. The Morgan fingerprint density at radius 2 is 1.71 bits per heavy atom. The van der Waals surface area contributed by atoms with Gasteiger partial charge in [-0.1, -0.05) is 37.8 Å². The van der Waals surface area contributed by atoms with Crippen molar-refractivity contribution in [2.75, 3.05) is 5.32 Å². The molecule has 0 bridgehead atoms. The van der Waals surface area contributed by atoms with Gasteiger partial charge in [0.15, 0.2) is 0 Å². The quantitative estimate of drug-likeness (QED) is 0.797. The molecule has 0 spiro atoms. The molecule has 0 heterocycles. The molecule has 2 heteroatoms. The number of anilines is 1. The van der Waals surface area contributed by atoms with Crippen molar-refractivity contribution in [3.05, 3.63) is 29.8 Å². The van der Waals surface area contributed by atoms with E-state index in [2.05, 4.69) is 23.5 Å². The highest BCUT2D eigenvalue weighted by Gasteiger charge is 2.11. The van der Waals surface area contributed by atoms with Crippen LogP contribution in [0.25, 0.3) is 0 Å². The first-order valence-electron chi connectivity index (χ1n) is 6.61. The molecule has 0 amide bonds. The van der Waals surface area contributed by atoms with Gasteiger partial charge in [-0.15, -0.1) is 0 Å². The molecule has 0 atom stereocenters. The summed E-state index contributed by atoms with van der Waals surface area (Å²) in [4.78, 5) is 0. The highest BCUT2D eigenvalue weighted by molar-refractivity contribution is 5.45. The van der Waals surface area contributed by atoms with E-state index in [9.17, 15) is 0 Å². The van der Waals surface area contributed by atoms with Crippen LogP contribution in [0.5, 0.6) is 0 Å². The third-order valence-electron chi connectivity index (χ3n) is 3.46. The van der Waals surface area contributed by atoms with Crippen molar-refractivity contribution < 1.29 is 0 Å². The number of benzene rings is 1. The molecule has 2 rings (SSSR count). The third-order valence-corrected chi connectivity index (χ3v) is 3.46. The van der Waals surface area contributed by atoms with Gasteiger partial charge in [-0.05, 0) is 30.5 Å². The SMILES string of the molecule is N#CCc1ccc(NC2CCCCCC2)cc1. The molecule has 2 nitrogen and oxygen atoms in total. The van der Waals surface area contributed by atoms with Crippen LogP contribution in [0.3, 0.4) is 0 Å². The molecular formula is C15H20N2. The lowest BCUT2D eigenvalue weighted by Gasteiger charge is -2.17. The summed E-state index contributed by atoms with van der Waals surface area (Å²) in [5.41, 5.74) is 2.29. The zero-order chi connectivity index (χ0) is 11.9. The summed E-state index contributed by atoms with van der Waals surface area (Å²) < 4.78 is 0. The molecule has 1 N–H and O–H groups in total. The average Bonchev–Trinajstić information content (AvgIpc) is 2.61. The van der Waals surface area contributed by atoms with Crippen LogP contribution in [0.1, 0.15) is 44.1 Å². The molecule has 1 saturated carbocycles. The molecule has 1 aliphatic rings. The minimum absolute atomic E-state index is 0.504. The first-order valence-corrected chi connectivity index (χ1v) is 6.61. The Hall–Kier alpha value is -1.49. The Labute approximate surface area is 104 Å². The Bertz CT molecular complexity index is 367. The highest BCUT2D eigenvalue weighted by Crippen LogP contribution is 2.21. The molecule has 1 fully saturated rings. The second kappa shape index (κ2) is 6.30. The minimum Gasteiger partial charge on any atom is -0.382 e. The van der Waals surface area contributed by atoms with Gasteiger partial charge in [-0.2, -0.15) is 5.26 Å². The maximum absolute atomic E-state index is 8.62. The van der Waals surface area contributed by atoms with Crippen molar-refractivity contribution >= 4 is 5.69 Å². The van der Waals surface area contributed by atoms with E-state index < -0.39 is 0 Å². The standard InChI is InChI=1S/C15H20N2/c16-12-11-13-7-9-15(10-8-13)17-14-5-3-1-2-4-6-14/h7-10,14,17H,1-6,11H2. The van der Waals surface area contributed by atoms with Crippen LogP contribution in [0.2, 0.25) is 0 Å². The molecular weight excluding hydrogens is 208 g/mol. The molecule has 1 aliphatic carbocycles. The summed E-state index contributed by atoms with van der Waals surface area (Å²) in [6.07, 6.45) is 8.57. The number of hydrogen-bond acceptors (Lipinski definition) is 2. The van der Waals surface area contributed by atoms with E-state index in [0.29, 0.717) is 12.5 Å². The van der Waals surface area contributed by atoms with Crippen LogP contribution in [-0.2, 0) is 6.42 Å². The van der Waals surface area contributed by atoms with Crippen LogP contribution >= 0.6 is 0 Å². The van der Waals surface area contributed by atoms with Gasteiger partial charge in [0.1, 0.15) is 0 Å². The number of nitriles is 1. The molecule has 0 saturated heterocycles. The van der Waals surface area contributed by atoms with E-state index >= 15 is 0 Å². The number of hydrogen-bond donors (Lipinski definition) is 1. The Morgan fingerprint density at radius 3 is 2.29 bits per heavy atom. The molecule has 1 aromatic carbocycles. The van der Waals surface area contributed by atoms with Gasteiger partial charge in [0.2, 0.25) is 0 Å². The summed E-state index contributed by atoms with van der Waals surface area (Å²) in [5.74, 6) is 0. The van der Waals surface area contributed by atoms with E-state index in [1.165, 1.54) is 44.2 Å². The fourth-order valence-corrected chi connectivity index (χ4v) is 2.47. The lowest BCUT2D eigenvalue weighted by Crippen LogP contribution is -2.18. The maximum Gasteiger partial charge on any atom is 0.0669 e. The predicted octanol–water partition coefficient (Wildman–Crippen LogP) is 3.89. The van der Waals surface area contributed by atoms with Gasteiger partial charge in [0, 0.05) is 11.7 Å². The van der Waals surface area contributed by atoms with Crippen molar-refractivity contribution in [1.82, 2.24) is 0 Å². The number of rotatable bonds is 3. The molecule has 0 aliphatic heterocycles. The van der Waals surface area contributed by atoms with Crippen molar-refractivity contribution in [3.63, 3.8) is 0 Å². The average molecular weight is 228 g/mol. The van der Waals surface area contributed by atoms with Gasteiger partial charge in [-0.3, -0.25) is 0 Å². The van der Waals surface area contributed by atoms with E-state index in [4.69, 9.17) is 5.26 Å². The summed E-state index contributed by atoms with van der Waals surface area (Å²) >= 11 is 0. The minimum atomic E-state index is 0.504. The lowest BCUT2D eigenvalue weighted by atomic mass is 10.1. The Balaban J connectivity index is 1.91. The molecule has 1 aromatic rings. The van der Waals surface area contributed by atoms with E-state index in [0.717, 1.165) is 5.56 Å². The molecule has 17 heavy (non-hydrogen) atoms. The number of nitrogens with zero attached hydrogens (tertiary/aromatic N) is 1. The molecule has 0 radical (unpaired) electrons. The molecule has 90 valence electrons. The predicted molar refractivity (Wildman–Crippen MR) is 70.9 cm³/mol. The summed E-state index contributed by atoms with van der Waals surface area (Å²) in [6.45, 7) is 0. The Morgan fingerprint density at radius 1 is 1.06 bits per heavy atom. The zero-order valence-electron chi connectivity index (χ0n) is 10.3. The largest absolute Gasteiger partial charge is 0.382 e. The smallest absolute Gasteiger partial charge is 0.0669 e. The summed E-state index contributed by atoms with van der Waals surface area (Å²) in [5, 5.41) is 12.2. The van der Waals surface area contributed by atoms with Crippen molar-refractivity contribution in [2.45, 2.75) is 51.0 Å². The van der Waals surface area contributed by atoms with Gasteiger partial charge in [0.25, 0.3) is 0 Å². The maximum atomic E-state index is 8.62. The topological polar surface area (TPSA) is 35.8 Å². The van der Waals surface area contributed by atoms with Gasteiger partial charge in [0.05, 0.1) is 12.5 Å². The van der Waals surface area contributed by atoms with Gasteiger partial charge in [-0.25, -0.2) is 0 Å². The van der Waals surface area contributed by atoms with Crippen LogP contribution in [-0.4, -0.2) is 6.04 Å². The van der Waals surface area contributed by atoms with Crippen molar-refractivity contribution in [1.29, 1.82) is 5.26 Å². The first-order chi connectivity index (χ1) is 8.38. The fraction of sp³-hybridized carbons (Fsp3) is 0.533. The van der Waals surface area contributed by atoms with Crippen LogP contribution in [0, 0.1) is 11.3 Å². The van der Waals surface area contributed by atoms with Crippen molar-refractivity contribution in [3.8, 4) is 6.07 Å². The second-order valence-corrected chi connectivity index (χ2v) is 4.86. The summed E-state index contributed by atoms with van der Waals surface area (Å²) in [7, 11) is 0. The van der Waals surface area contributed by atoms with Crippen molar-refractivity contribution in [2.24, 2.45) is 0 Å². The lowest BCUT2D eigenvalue weighted by molar-refractivity contribution is 0.620. The first kappa shape index (κ1) is 12.0. The highest BCUT2D eigenvalue weighted by atomic mass is 14.9. The fourth-order valence-electron chi connectivity index (χ4n) is 2.47. The monoisotopic (exact) mass is 228 g/mol. The van der Waals surface area contributed by atoms with Crippen LogP contribution < -0.4 is 5.32 Å². The Kier molecular flexibility index (Phi) is 4.44. The van der Waals surface area contributed by atoms with Crippen LogP contribution in [0.15, 0.2) is 24.3 Å². The van der Waals surface area contributed by atoms with Gasteiger partial charge < -0.3 is 5.32 Å². The number of nitrogens with one attached hydrogen (secondary N) is 1. The van der Waals surface area contributed by atoms with E-state index in [1.54, 1.807) is 0 Å². The van der Waals surface area contributed by atoms with Gasteiger partial charge >= 0.3 is 0 Å². The van der Waals surface area contributed by atoms with E-state index in [-0.39, 0.29) is 0 Å². The third kappa shape index (κ3) is 3.78. The normalized spacial score (nSPS) is 17.1. The zero-order valence-corrected chi connectivity index (χ0v) is 10.3. The summed E-state index contributed by atoms with van der Waals surface area (Å²) in [6, 6.07) is 11.1. The molecule has 0 unspecified atom stereocenters.